The van der Waals surface area contributed by atoms with Gasteiger partial charge in [0.25, 0.3) is 0 Å². The second kappa shape index (κ2) is 5.55. The number of aliphatic hydroxyl groups is 1. The summed E-state index contributed by atoms with van der Waals surface area (Å²) < 4.78 is 6.12. The molecule has 1 spiro atoms. The Balaban J connectivity index is 1.59. The van der Waals surface area contributed by atoms with Crippen LogP contribution in [0.2, 0.25) is 0 Å². The van der Waals surface area contributed by atoms with Crippen molar-refractivity contribution in [3.8, 4) is 0 Å². The van der Waals surface area contributed by atoms with Gasteiger partial charge in [-0.25, -0.2) is 0 Å². The third-order valence-corrected chi connectivity index (χ3v) is 6.09. The highest BCUT2D eigenvalue weighted by Gasteiger charge is 2.44. The Hall–Kier alpha value is 0.230. The Morgan fingerprint density at radius 1 is 1.32 bits per heavy atom. The molecule has 4 heteroatoms. The first-order chi connectivity index (χ1) is 9.10. The van der Waals surface area contributed by atoms with E-state index in [1.807, 2.05) is 18.7 Å². The highest BCUT2D eigenvalue weighted by atomic mass is 32.2. The maximum atomic E-state index is 10.8. The summed E-state index contributed by atoms with van der Waals surface area (Å²) in [6, 6.07) is 0.673. The van der Waals surface area contributed by atoms with Gasteiger partial charge in [-0.15, -0.1) is 0 Å². The molecule has 0 aromatic carbocycles. The molecule has 2 aliphatic heterocycles. The molecule has 3 nitrogen and oxygen atoms in total. The van der Waals surface area contributed by atoms with Crippen LogP contribution >= 0.6 is 11.8 Å². The summed E-state index contributed by atoms with van der Waals surface area (Å²) in [5.41, 5.74) is -0.498. The SMILES string of the molecule is CC(O)(CNC1CC1)C1CCOC2(CCSCC2)C1. The molecule has 2 heterocycles. The molecule has 0 bridgehead atoms. The van der Waals surface area contributed by atoms with Crippen LogP contribution < -0.4 is 5.32 Å². The van der Waals surface area contributed by atoms with Crippen LogP contribution in [0.1, 0.15) is 45.4 Å². The van der Waals surface area contributed by atoms with Crippen LogP contribution in [0, 0.1) is 5.92 Å². The predicted molar refractivity (Wildman–Crippen MR) is 79.6 cm³/mol. The summed E-state index contributed by atoms with van der Waals surface area (Å²) in [6.07, 6.45) is 6.96. The largest absolute Gasteiger partial charge is 0.389 e. The van der Waals surface area contributed by atoms with Crippen molar-refractivity contribution in [3.05, 3.63) is 0 Å². The number of rotatable bonds is 4. The molecule has 0 radical (unpaired) electrons. The fraction of sp³-hybridized carbons (Fsp3) is 1.00. The average molecular weight is 285 g/mol. The molecule has 3 aliphatic rings. The lowest BCUT2D eigenvalue weighted by Gasteiger charge is -2.47. The van der Waals surface area contributed by atoms with Gasteiger partial charge in [0.2, 0.25) is 0 Å². The number of ether oxygens (including phenoxy) is 1. The maximum Gasteiger partial charge on any atom is 0.0773 e. The van der Waals surface area contributed by atoms with Crippen molar-refractivity contribution < 1.29 is 9.84 Å². The normalized spacial score (nSPS) is 34.1. The monoisotopic (exact) mass is 285 g/mol. The fourth-order valence-electron chi connectivity index (χ4n) is 3.43. The number of hydrogen-bond acceptors (Lipinski definition) is 4. The molecule has 0 amide bonds. The molecule has 2 saturated heterocycles. The Bertz CT molecular complexity index is 306. The summed E-state index contributed by atoms with van der Waals surface area (Å²) in [4.78, 5) is 0. The molecule has 0 aromatic rings. The van der Waals surface area contributed by atoms with Gasteiger partial charge < -0.3 is 15.2 Å². The van der Waals surface area contributed by atoms with E-state index >= 15 is 0 Å². The second-order valence-corrected chi connectivity index (χ2v) is 8.07. The zero-order valence-corrected chi connectivity index (χ0v) is 12.8. The van der Waals surface area contributed by atoms with Gasteiger partial charge in [0, 0.05) is 19.2 Å². The third kappa shape index (κ3) is 3.46. The van der Waals surface area contributed by atoms with Crippen molar-refractivity contribution in [1.82, 2.24) is 5.32 Å². The fourth-order valence-corrected chi connectivity index (χ4v) is 4.67. The predicted octanol–water partition coefficient (Wildman–Crippen LogP) is 2.18. The van der Waals surface area contributed by atoms with Crippen LogP contribution in [0.3, 0.4) is 0 Å². The minimum atomic E-state index is -0.579. The topological polar surface area (TPSA) is 41.5 Å². The molecule has 2 unspecified atom stereocenters. The van der Waals surface area contributed by atoms with Crippen molar-refractivity contribution in [2.45, 2.75) is 62.7 Å². The highest BCUT2D eigenvalue weighted by molar-refractivity contribution is 7.99. The molecule has 2 N–H and O–H groups in total. The third-order valence-electron chi connectivity index (χ3n) is 5.10. The van der Waals surface area contributed by atoms with Crippen molar-refractivity contribution in [2.24, 2.45) is 5.92 Å². The Kier molecular flexibility index (Phi) is 4.14. The molecule has 2 atom stereocenters. The zero-order valence-electron chi connectivity index (χ0n) is 12.0. The van der Waals surface area contributed by atoms with Gasteiger partial charge >= 0.3 is 0 Å². The van der Waals surface area contributed by atoms with E-state index in [1.165, 1.54) is 37.2 Å². The molecule has 1 aliphatic carbocycles. The van der Waals surface area contributed by atoms with E-state index in [2.05, 4.69) is 5.32 Å². The number of hydrogen-bond donors (Lipinski definition) is 2. The van der Waals surface area contributed by atoms with Crippen LogP contribution in [0.25, 0.3) is 0 Å². The highest BCUT2D eigenvalue weighted by Crippen LogP contribution is 2.42. The van der Waals surface area contributed by atoms with E-state index in [9.17, 15) is 5.11 Å². The van der Waals surface area contributed by atoms with Gasteiger partial charge in [0.1, 0.15) is 0 Å². The van der Waals surface area contributed by atoms with Crippen molar-refractivity contribution in [2.75, 3.05) is 24.7 Å². The molecule has 3 fully saturated rings. The lowest BCUT2D eigenvalue weighted by molar-refractivity contribution is -0.141. The molecule has 3 rings (SSSR count). The van der Waals surface area contributed by atoms with E-state index in [1.54, 1.807) is 0 Å². The van der Waals surface area contributed by atoms with Crippen molar-refractivity contribution in [1.29, 1.82) is 0 Å². The molecular weight excluding hydrogens is 258 g/mol. The van der Waals surface area contributed by atoms with Crippen LogP contribution in [-0.4, -0.2) is 47.0 Å². The summed E-state index contributed by atoms with van der Waals surface area (Å²) in [7, 11) is 0. The second-order valence-electron chi connectivity index (χ2n) is 6.85. The van der Waals surface area contributed by atoms with E-state index in [0.717, 1.165) is 26.0 Å². The molecule has 0 aromatic heterocycles. The van der Waals surface area contributed by atoms with Gasteiger partial charge in [-0.2, -0.15) is 11.8 Å². The van der Waals surface area contributed by atoms with Gasteiger partial charge in [-0.1, -0.05) is 0 Å². The summed E-state index contributed by atoms with van der Waals surface area (Å²) in [5, 5.41) is 14.3. The van der Waals surface area contributed by atoms with Gasteiger partial charge in [0.15, 0.2) is 0 Å². The van der Waals surface area contributed by atoms with E-state index in [-0.39, 0.29) is 5.60 Å². The van der Waals surface area contributed by atoms with Crippen molar-refractivity contribution in [3.63, 3.8) is 0 Å². The first-order valence-electron chi connectivity index (χ1n) is 7.77. The van der Waals surface area contributed by atoms with Crippen molar-refractivity contribution >= 4 is 11.8 Å². The minimum Gasteiger partial charge on any atom is -0.389 e. The van der Waals surface area contributed by atoms with E-state index in [0.29, 0.717) is 12.0 Å². The summed E-state index contributed by atoms with van der Waals surface area (Å²) >= 11 is 2.04. The first-order valence-corrected chi connectivity index (χ1v) is 8.93. The lowest BCUT2D eigenvalue weighted by Crippen LogP contribution is -2.52. The van der Waals surface area contributed by atoms with E-state index in [4.69, 9.17) is 4.74 Å². The molecular formula is C15H27NO2S. The maximum absolute atomic E-state index is 10.8. The standard InChI is InChI=1S/C15H27NO2S/c1-14(17,11-16-13-2-3-13)12-4-7-18-15(10-12)5-8-19-9-6-15/h12-13,16-17H,2-11H2,1H3. The minimum absolute atomic E-state index is 0.0811. The summed E-state index contributed by atoms with van der Waals surface area (Å²) in [5.74, 6) is 2.82. The number of nitrogens with one attached hydrogen (secondary N) is 1. The quantitative estimate of drug-likeness (QED) is 0.831. The van der Waals surface area contributed by atoms with Gasteiger partial charge in [-0.05, 0) is 62.9 Å². The Morgan fingerprint density at radius 2 is 2.05 bits per heavy atom. The molecule has 1 saturated carbocycles. The molecule has 19 heavy (non-hydrogen) atoms. The van der Waals surface area contributed by atoms with Gasteiger partial charge in [0.05, 0.1) is 11.2 Å². The Labute approximate surface area is 120 Å². The molecule has 110 valence electrons. The van der Waals surface area contributed by atoms with Gasteiger partial charge in [-0.3, -0.25) is 0 Å². The first kappa shape index (κ1) is 14.2. The Morgan fingerprint density at radius 3 is 2.74 bits per heavy atom. The van der Waals surface area contributed by atoms with E-state index < -0.39 is 5.60 Å². The zero-order chi connectivity index (χ0) is 13.3. The lowest BCUT2D eigenvalue weighted by atomic mass is 9.74. The smallest absolute Gasteiger partial charge is 0.0773 e. The summed E-state index contributed by atoms with van der Waals surface area (Å²) in [6.45, 7) is 3.59. The van der Waals surface area contributed by atoms with Crippen LogP contribution in [-0.2, 0) is 4.74 Å². The average Bonchev–Trinajstić information content (AvgIpc) is 3.22. The number of thioether (sulfide) groups is 1. The van der Waals surface area contributed by atoms with Crippen LogP contribution in [0.15, 0.2) is 0 Å². The van der Waals surface area contributed by atoms with Crippen LogP contribution in [0.5, 0.6) is 0 Å². The van der Waals surface area contributed by atoms with Crippen LogP contribution in [0.4, 0.5) is 0 Å².